The van der Waals surface area contributed by atoms with Gasteiger partial charge in [0, 0.05) is 12.0 Å². The third-order valence-electron chi connectivity index (χ3n) is 4.50. The quantitative estimate of drug-likeness (QED) is 0.760. The maximum absolute atomic E-state index is 13.4. The van der Waals surface area contributed by atoms with Crippen LogP contribution in [0.5, 0.6) is 5.75 Å². The second kappa shape index (κ2) is 6.61. The highest BCUT2D eigenvalue weighted by molar-refractivity contribution is 5.81. The predicted molar refractivity (Wildman–Crippen MR) is 92.2 cm³/mol. The number of para-hydroxylation sites is 3. The highest BCUT2D eigenvalue weighted by Gasteiger charge is 2.38. The van der Waals surface area contributed by atoms with Crippen molar-refractivity contribution < 1.29 is 22.7 Å². The first-order valence-electron chi connectivity index (χ1n) is 8.47. The van der Waals surface area contributed by atoms with Crippen molar-refractivity contribution in [2.45, 2.75) is 25.2 Å². The Balaban J connectivity index is 1.61. The summed E-state index contributed by atoms with van der Waals surface area (Å²) in [5, 5.41) is 2.82. The molecule has 0 spiro atoms. The fourth-order valence-electron chi connectivity index (χ4n) is 3.33. The largest absolute Gasteiger partial charge is 0.493 e. The van der Waals surface area contributed by atoms with Gasteiger partial charge < -0.3 is 14.6 Å². The van der Waals surface area contributed by atoms with E-state index in [2.05, 4.69) is 10.3 Å². The number of ether oxygens (including phenoxy) is 1. The van der Waals surface area contributed by atoms with E-state index in [9.17, 15) is 18.0 Å². The summed E-state index contributed by atoms with van der Waals surface area (Å²) in [6.07, 6.45) is -4.09. The number of amides is 1. The molecule has 1 unspecified atom stereocenters. The van der Waals surface area contributed by atoms with Gasteiger partial charge in [0.05, 0.1) is 23.7 Å². The zero-order valence-corrected chi connectivity index (χ0v) is 14.2. The molecule has 8 heteroatoms. The highest BCUT2D eigenvalue weighted by Crippen LogP contribution is 2.33. The highest BCUT2D eigenvalue weighted by atomic mass is 19.4. The Labute approximate surface area is 152 Å². The number of aromatic nitrogens is 2. The van der Waals surface area contributed by atoms with Gasteiger partial charge in [0.2, 0.25) is 11.7 Å². The molecule has 0 radical (unpaired) electrons. The third-order valence-corrected chi connectivity index (χ3v) is 4.50. The molecule has 1 atom stereocenters. The summed E-state index contributed by atoms with van der Waals surface area (Å²) in [5.74, 6) is -0.908. The van der Waals surface area contributed by atoms with Crippen molar-refractivity contribution in [3.8, 4) is 5.75 Å². The van der Waals surface area contributed by atoms with Gasteiger partial charge in [-0.25, -0.2) is 4.98 Å². The molecule has 0 fully saturated rings. The molecule has 27 heavy (non-hydrogen) atoms. The molecule has 0 saturated carbocycles. The smallest absolute Gasteiger partial charge is 0.449 e. The van der Waals surface area contributed by atoms with Crippen LogP contribution in [-0.4, -0.2) is 22.1 Å². The minimum Gasteiger partial charge on any atom is -0.493 e. The predicted octanol–water partition coefficient (Wildman–Crippen LogP) is 3.70. The number of fused-ring (bicyclic) bond motifs is 2. The lowest BCUT2D eigenvalue weighted by Gasteiger charge is -2.26. The maximum atomic E-state index is 13.4. The van der Waals surface area contributed by atoms with Crippen LogP contribution < -0.4 is 10.1 Å². The fourth-order valence-corrected chi connectivity index (χ4v) is 3.33. The van der Waals surface area contributed by atoms with E-state index in [0.29, 0.717) is 18.8 Å². The number of benzene rings is 2. The Morgan fingerprint density at radius 1 is 1.19 bits per heavy atom. The summed E-state index contributed by atoms with van der Waals surface area (Å²) >= 11 is 0. The van der Waals surface area contributed by atoms with Crippen molar-refractivity contribution in [2.75, 3.05) is 6.61 Å². The van der Waals surface area contributed by atoms with Gasteiger partial charge in [-0.1, -0.05) is 30.3 Å². The minimum absolute atomic E-state index is 0.203. The van der Waals surface area contributed by atoms with E-state index in [4.69, 9.17) is 4.74 Å². The first-order chi connectivity index (χ1) is 12.9. The minimum atomic E-state index is -4.65. The van der Waals surface area contributed by atoms with Gasteiger partial charge in [-0.3, -0.25) is 4.79 Å². The third kappa shape index (κ3) is 3.34. The van der Waals surface area contributed by atoms with Crippen LogP contribution in [0.25, 0.3) is 11.0 Å². The monoisotopic (exact) mass is 375 g/mol. The van der Waals surface area contributed by atoms with Gasteiger partial charge in [-0.05, 0) is 18.2 Å². The fraction of sp³-hybridized carbons (Fsp3) is 0.263. The van der Waals surface area contributed by atoms with E-state index in [1.54, 1.807) is 18.2 Å². The molecule has 2 aromatic carbocycles. The Morgan fingerprint density at radius 2 is 1.93 bits per heavy atom. The second-order valence-electron chi connectivity index (χ2n) is 6.30. The van der Waals surface area contributed by atoms with Crippen molar-refractivity contribution in [3.63, 3.8) is 0 Å². The number of carbonyl (C=O) groups excluding carboxylic acids is 1. The topological polar surface area (TPSA) is 56.2 Å². The van der Waals surface area contributed by atoms with E-state index < -0.39 is 24.5 Å². The van der Waals surface area contributed by atoms with Crippen molar-refractivity contribution in [3.05, 3.63) is 59.9 Å². The van der Waals surface area contributed by atoms with Crippen LogP contribution in [0.2, 0.25) is 0 Å². The van der Waals surface area contributed by atoms with E-state index in [1.807, 2.05) is 18.2 Å². The lowest BCUT2D eigenvalue weighted by molar-refractivity contribution is -0.147. The van der Waals surface area contributed by atoms with E-state index in [1.165, 1.54) is 12.1 Å². The van der Waals surface area contributed by atoms with Gasteiger partial charge in [0.15, 0.2) is 0 Å². The van der Waals surface area contributed by atoms with E-state index in [0.717, 1.165) is 10.1 Å². The summed E-state index contributed by atoms with van der Waals surface area (Å²) in [7, 11) is 0. The SMILES string of the molecule is O=C(Cn1c(C(F)(F)F)nc2ccccc21)NC1CCOc2ccccc21. The number of imidazole rings is 1. The van der Waals surface area contributed by atoms with Crippen molar-refractivity contribution in [1.29, 1.82) is 0 Å². The Hall–Kier alpha value is -3.03. The van der Waals surface area contributed by atoms with Gasteiger partial charge >= 0.3 is 6.18 Å². The number of rotatable bonds is 3. The summed E-state index contributed by atoms with van der Waals surface area (Å²) in [6, 6.07) is 13.3. The molecule has 1 amide bonds. The molecule has 140 valence electrons. The number of nitrogens with one attached hydrogen (secondary N) is 1. The Bertz CT molecular complexity index is 997. The zero-order chi connectivity index (χ0) is 19.0. The molecule has 4 rings (SSSR count). The standard InChI is InChI=1S/C19H16F3N3O2/c20-19(21,22)18-24-14-6-2-3-7-15(14)25(18)11-17(26)23-13-9-10-27-16-8-4-1-5-12(13)16/h1-8,13H,9-11H2,(H,23,26). The molecule has 0 aliphatic carbocycles. The number of halogens is 3. The first kappa shape index (κ1) is 17.4. The number of hydrogen-bond donors (Lipinski definition) is 1. The molecule has 0 bridgehead atoms. The van der Waals surface area contributed by atoms with Crippen LogP contribution in [0, 0.1) is 0 Å². The average molecular weight is 375 g/mol. The number of alkyl halides is 3. The van der Waals surface area contributed by atoms with Gasteiger partial charge in [0.25, 0.3) is 0 Å². The Morgan fingerprint density at radius 3 is 2.74 bits per heavy atom. The normalized spacial score (nSPS) is 16.6. The summed E-state index contributed by atoms with van der Waals surface area (Å²) in [6.45, 7) is -0.0291. The van der Waals surface area contributed by atoms with E-state index in [-0.39, 0.29) is 17.1 Å². The molecular weight excluding hydrogens is 359 g/mol. The number of hydrogen-bond acceptors (Lipinski definition) is 3. The van der Waals surface area contributed by atoms with Crippen molar-refractivity contribution in [1.82, 2.24) is 14.9 Å². The zero-order valence-electron chi connectivity index (χ0n) is 14.2. The molecular formula is C19H16F3N3O2. The number of carbonyl (C=O) groups is 1. The van der Waals surface area contributed by atoms with Crippen molar-refractivity contribution >= 4 is 16.9 Å². The van der Waals surface area contributed by atoms with Gasteiger partial charge in [0.1, 0.15) is 12.3 Å². The Kier molecular flexibility index (Phi) is 4.25. The molecule has 1 aromatic heterocycles. The van der Waals surface area contributed by atoms with Crippen LogP contribution in [0.15, 0.2) is 48.5 Å². The summed E-state index contributed by atoms with van der Waals surface area (Å²) < 4.78 is 46.5. The molecule has 3 aromatic rings. The maximum Gasteiger partial charge on any atom is 0.449 e. The lowest BCUT2D eigenvalue weighted by atomic mass is 10.0. The van der Waals surface area contributed by atoms with Gasteiger partial charge in [-0.2, -0.15) is 13.2 Å². The first-order valence-corrected chi connectivity index (χ1v) is 8.47. The van der Waals surface area contributed by atoms with Gasteiger partial charge in [-0.15, -0.1) is 0 Å². The summed E-state index contributed by atoms with van der Waals surface area (Å²) in [5.41, 5.74) is 1.30. The van der Waals surface area contributed by atoms with Crippen LogP contribution >= 0.6 is 0 Å². The van der Waals surface area contributed by atoms with Crippen LogP contribution in [0.3, 0.4) is 0 Å². The molecule has 1 aliphatic rings. The molecule has 1 aliphatic heterocycles. The van der Waals surface area contributed by atoms with E-state index >= 15 is 0 Å². The summed E-state index contributed by atoms with van der Waals surface area (Å²) in [4.78, 5) is 16.2. The number of nitrogens with zero attached hydrogens (tertiary/aromatic N) is 2. The van der Waals surface area contributed by atoms with Crippen LogP contribution in [0.4, 0.5) is 13.2 Å². The molecule has 1 N–H and O–H groups in total. The lowest BCUT2D eigenvalue weighted by Crippen LogP contribution is -2.35. The van der Waals surface area contributed by atoms with Crippen LogP contribution in [0.1, 0.15) is 23.9 Å². The molecule has 0 saturated heterocycles. The average Bonchev–Trinajstić information content (AvgIpc) is 3.01. The second-order valence-corrected chi connectivity index (χ2v) is 6.30. The van der Waals surface area contributed by atoms with Crippen LogP contribution in [-0.2, 0) is 17.5 Å². The molecule has 5 nitrogen and oxygen atoms in total. The molecule has 2 heterocycles. The van der Waals surface area contributed by atoms with Crippen molar-refractivity contribution in [2.24, 2.45) is 0 Å².